The fourth-order valence-electron chi connectivity index (χ4n) is 1.41. The maximum Gasteiger partial charge on any atom is 0.0340 e. The van der Waals surface area contributed by atoms with Gasteiger partial charge in [0.2, 0.25) is 0 Å². The van der Waals surface area contributed by atoms with Crippen LogP contribution in [0.4, 0.5) is 5.69 Å². The monoisotopic (exact) mass is 207 g/mol. The average molecular weight is 207 g/mol. The summed E-state index contributed by atoms with van der Waals surface area (Å²) in [6, 6.07) is 8.52. The molecule has 0 bridgehead atoms. The number of rotatable bonds is 6. The first-order valence-electron chi connectivity index (χ1n) is 5.54. The Hall–Kier alpha value is -1.06. The highest BCUT2D eigenvalue weighted by molar-refractivity contribution is 5.44. The third-order valence-corrected chi connectivity index (χ3v) is 2.36. The molecule has 0 saturated heterocycles. The van der Waals surface area contributed by atoms with Gasteiger partial charge >= 0.3 is 0 Å². The van der Waals surface area contributed by atoms with Gasteiger partial charge in [-0.2, -0.15) is 0 Å². The molecule has 0 amide bonds. The first kappa shape index (κ1) is 12.0. The molecule has 0 fully saturated rings. The molecule has 1 aromatic carbocycles. The Labute approximate surface area is 91.9 Å². The van der Waals surface area contributed by atoms with Gasteiger partial charge in [0.25, 0.3) is 0 Å². The van der Waals surface area contributed by atoms with Crippen molar-refractivity contribution in [2.45, 2.75) is 25.8 Å². The average Bonchev–Trinajstić information content (AvgIpc) is 2.28. The summed E-state index contributed by atoms with van der Waals surface area (Å²) in [5.74, 6) is 0. The molecule has 0 aromatic heterocycles. The maximum absolute atomic E-state index is 5.71. The highest BCUT2D eigenvalue weighted by Gasteiger charge is 1.98. The van der Waals surface area contributed by atoms with Crippen LogP contribution in [0.2, 0.25) is 0 Å². The van der Waals surface area contributed by atoms with Crippen LogP contribution in [0.3, 0.4) is 0 Å². The number of hydrogen-bond donors (Lipinski definition) is 3. The summed E-state index contributed by atoms with van der Waals surface area (Å²) in [7, 11) is 0. The van der Waals surface area contributed by atoms with Gasteiger partial charge < -0.3 is 16.8 Å². The molecule has 1 rings (SSSR count). The summed E-state index contributed by atoms with van der Waals surface area (Å²) in [6.07, 6.45) is 2.33. The minimum atomic E-state index is 0.0281. The van der Waals surface area contributed by atoms with Gasteiger partial charge in [-0.3, -0.25) is 0 Å². The normalized spacial score (nSPS) is 12.5. The summed E-state index contributed by atoms with van der Waals surface area (Å²) < 4.78 is 0. The molecular formula is C12H21N3. The molecule has 0 aliphatic heterocycles. The van der Waals surface area contributed by atoms with Gasteiger partial charge in [0.15, 0.2) is 0 Å². The molecule has 0 spiro atoms. The van der Waals surface area contributed by atoms with Crippen LogP contribution in [0.5, 0.6) is 0 Å². The molecule has 1 unspecified atom stereocenters. The lowest BCUT2D eigenvalue weighted by Gasteiger charge is -2.11. The molecule has 0 saturated carbocycles. The van der Waals surface area contributed by atoms with Crippen molar-refractivity contribution in [3.8, 4) is 0 Å². The molecule has 1 atom stereocenters. The Morgan fingerprint density at radius 1 is 1.27 bits per heavy atom. The Morgan fingerprint density at radius 3 is 2.47 bits per heavy atom. The molecule has 3 nitrogen and oxygen atoms in total. The summed E-state index contributed by atoms with van der Waals surface area (Å²) in [6.45, 7) is 3.43. The van der Waals surface area contributed by atoms with Crippen molar-refractivity contribution in [1.82, 2.24) is 0 Å². The van der Waals surface area contributed by atoms with Gasteiger partial charge in [0, 0.05) is 24.8 Å². The Morgan fingerprint density at radius 2 is 1.93 bits per heavy atom. The lowest BCUT2D eigenvalue weighted by atomic mass is 10.1. The van der Waals surface area contributed by atoms with Crippen molar-refractivity contribution in [3.63, 3.8) is 0 Å². The quantitative estimate of drug-likeness (QED) is 0.659. The molecule has 0 aliphatic carbocycles. The smallest absolute Gasteiger partial charge is 0.0340 e. The van der Waals surface area contributed by atoms with E-state index in [1.54, 1.807) is 0 Å². The summed E-state index contributed by atoms with van der Waals surface area (Å²) in [5.41, 5.74) is 13.6. The minimum absolute atomic E-state index is 0.0281. The summed E-state index contributed by atoms with van der Waals surface area (Å²) >= 11 is 0. The number of nitrogens with one attached hydrogen (secondary N) is 1. The Bertz CT molecular complexity index is 269. The fraction of sp³-hybridized carbons (Fsp3) is 0.500. The zero-order valence-corrected chi connectivity index (χ0v) is 9.37. The lowest BCUT2D eigenvalue weighted by molar-refractivity contribution is 0.713. The van der Waals surface area contributed by atoms with Crippen LogP contribution in [0.15, 0.2) is 24.3 Å². The first-order valence-corrected chi connectivity index (χ1v) is 5.54. The van der Waals surface area contributed by atoms with Crippen LogP contribution in [0.1, 0.15) is 18.9 Å². The van der Waals surface area contributed by atoms with E-state index in [9.17, 15) is 0 Å². The van der Waals surface area contributed by atoms with Crippen molar-refractivity contribution in [1.29, 1.82) is 0 Å². The predicted molar refractivity (Wildman–Crippen MR) is 66.0 cm³/mol. The Kier molecular flexibility index (Phi) is 5.15. The van der Waals surface area contributed by atoms with E-state index in [0.717, 1.165) is 18.7 Å². The van der Waals surface area contributed by atoms with Gasteiger partial charge in [-0.05, 0) is 24.1 Å². The zero-order valence-electron chi connectivity index (χ0n) is 9.37. The minimum Gasteiger partial charge on any atom is -0.383 e. The topological polar surface area (TPSA) is 64.1 Å². The molecule has 5 N–H and O–H groups in total. The van der Waals surface area contributed by atoms with E-state index in [-0.39, 0.29) is 6.04 Å². The maximum atomic E-state index is 5.71. The van der Waals surface area contributed by atoms with Crippen LogP contribution in [0, 0.1) is 0 Å². The number of nitrogens with two attached hydrogens (primary N) is 2. The molecule has 15 heavy (non-hydrogen) atoms. The van der Waals surface area contributed by atoms with E-state index < -0.39 is 0 Å². The van der Waals surface area contributed by atoms with Crippen LogP contribution in [0.25, 0.3) is 0 Å². The second kappa shape index (κ2) is 6.43. The van der Waals surface area contributed by atoms with Gasteiger partial charge in [-0.15, -0.1) is 0 Å². The van der Waals surface area contributed by atoms with Crippen LogP contribution in [-0.4, -0.2) is 19.1 Å². The molecule has 0 aliphatic rings. The van der Waals surface area contributed by atoms with Gasteiger partial charge in [0.05, 0.1) is 0 Å². The van der Waals surface area contributed by atoms with Crippen molar-refractivity contribution in [2.75, 3.05) is 18.4 Å². The Balaban J connectivity index is 2.42. The van der Waals surface area contributed by atoms with E-state index in [2.05, 4.69) is 36.5 Å². The van der Waals surface area contributed by atoms with E-state index in [4.69, 9.17) is 11.5 Å². The highest BCUT2D eigenvalue weighted by Crippen LogP contribution is 2.10. The first-order chi connectivity index (χ1) is 7.26. The van der Waals surface area contributed by atoms with Crippen LogP contribution >= 0.6 is 0 Å². The van der Waals surface area contributed by atoms with Gasteiger partial charge in [-0.1, -0.05) is 25.5 Å². The summed E-state index contributed by atoms with van der Waals surface area (Å²) in [5, 5.41) is 3.26. The number of anilines is 1. The van der Waals surface area contributed by atoms with Gasteiger partial charge in [0.1, 0.15) is 0 Å². The van der Waals surface area contributed by atoms with Crippen molar-refractivity contribution in [3.05, 3.63) is 29.8 Å². The lowest BCUT2D eigenvalue weighted by Crippen LogP contribution is -2.36. The van der Waals surface area contributed by atoms with Gasteiger partial charge in [-0.25, -0.2) is 0 Å². The fourth-order valence-corrected chi connectivity index (χ4v) is 1.41. The van der Waals surface area contributed by atoms with Crippen LogP contribution < -0.4 is 16.8 Å². The van der Waals surface area contributed by atoms with Crippen molar-refractivity contribution in [2.24, 2.45) is 11.5 Å². The molecule has 1 aromatic rings. The number of aryl methyl sites for hydroxylation is 1. The van der Waals surface area contributed by atoms with E-state index in [1.807, 2.05) is 0 Å². The predicted octanol–water partition coefficient (Wildman–Crippen LogP) is 1.34. The number of hydrogen-bond acceptors (Lipinski definition) is 3. The zero-order chi connectivity index (χ0) is 11.1. The SMILES string of the molecule is CCCc1ccc(NCC(N)CN)cc1. The third kappa shape index (κ3) is 4.32. The van der Waals surface area contributed by atoms with Crippen molar-refractivity contribution < 1.29 is 0 Å². The molecule has 84 valence electrons. The second-order valence-corrected chi connectivity index (χ2v) is 3.82. The van der Waals surface area contributed by atoms with E-state index >= 15 is 0 Å². The van der Waals surface area contributed by atoms with Crippen molar-refractivity contribution >= 4 is 5.69 Å². The molecule has 0 radical (unpaired) electrons. The summed E-state index contributed by atoms with van der Waals surface area (Å²) in [4.78, 5) is 0. The largest absolute Gasteiger partial charge is 0.383 e. The number of benzene rings is 1. The van der Waals surface area contributed by atoms with E-state index in [1.165, 1.54) is 12.0 Å². The molecule has 3 heteroatoms. The second-order valence-electron chi connectivity index (χ2n) is 3.82. The van der Waals surface area contributed by atoms with E-state index in [0.29, 0.717) is 6.54 Å². The standard InChI is InChI=1S/C12H21N3/c1-2-3-10-4-6-12(7-5-10)15-9-11(14)8-13/h4-7,11,15H,2-3,8-9,13-14H2,1H3. The highest BCUT2D eigenvalue weighted by atomic mass is 14.9. The third-order valence-electron chi connectivity index (χ3n) is 2.36. The molecular weight excluding hydrogens is 186 g/mol. The van der Waals surface area contributed by atoms with Crippen LogP contribution in [-0.2, 0) is 6.42 Å². The molecule has 0 heterocycles.